The minimum Gasteiger partial charge on any atom is -0.340 e. The number of nitrogens with one attached hydrogen (secondary N) is 2. The zero-order valence-electron chi connectivity index (χ0n) is 14.4. The Morgan fingerprint density at radius 1 is 1.12 bits per heavy atom. The number of anilines is 3. The average molecular weight is 334 g/mol. The van der Waals surface area contributed by atoms with E-state index in [1.54, 1.807) is 0 Å². The number of benzene rings is 1. The Morgan fingerprint density at radius 3 is 2.80 bits per heavy atom. The van der Waals surface area contributed by atoms with E-state index in [4.69, 9.17) is 9.97 Å². The molecule has 0 radical (unpaired) electrons. The van der Waals surface area contributed by atoms with E-state index in [0.717, 1.165) is 42.8 Å². The predicted octanol–water partition coefficient (Wildman–Crippen LogP) is 2.40. The maximum Gasteiger partial charge on any atom is 0.228 e. The van der Waals surface area contributed by atoms with Gasteiger partial charge in [0, 0.05) is 48.8 Å². The Kier molecular flexibility index (Phi) is 3.45. The van der Waals surface area contributed by atoms with E-state index in [1.165, 1.54) is 24.0 Å². The Bertz CT molecular complexity index is 830. The summed E-state index contributed by atoms with van der Waals surface area (Å²) in [6.45, 7) is 4.88. The van der Waals surface area contributed by atoms with Crippen molar-refractivity contribution in [3.05, 3.63) is 41.1 Å². The van der Waals surface area contributed by atoms with Gasteiger partial charge in [-0.05, 0) is 43.0 Å². The number of hydrogen-bond acceptors (Lipinski definition) is 6. The summed E-state index contributed by atoms with van der Waals surface area (Å²) in [5.74, 6) is 1.72. The molecule has 0 saturated carbocycles. The summed E-state index contributed by atoms with van der Waals surface area (Å²) in [6.07, 6.45) is 4.39. The molecule has 0 amide bonds. The van der Waals surface area contributed by atoms with Crippen molar-refractivity contribution in [1.82, 2.24) is 15.3 Å². The molecule has 2 N–H and O–H groups in total. The number of aryl methyl sites for hydroxylation is 1. The first kappa shape index (κ1) is 14.8. The average Bonchev–Trinajstić information content (AvgIpc) is 3.16. The second-order valence-electron chi connectivity index (χ2n) is 7.15. The fourth-order valence-corrected chi connectivity index (χ4v) is 4.16. The van der Waals surface area contributed by atoms with E-state index in [2.05, 4.69) is 38.7 Å². The summed E-state index contributed by atoms with van der Waals surface area (Å²) in [5, 5.41) is 6.96. The van der Waals surface area contributed by atoms with E-state index in [0.29, 0.717) is 12.1 Å². The van der Waals surface area contributed by atoms with Crippen molar-refractivity contribution in [2.75, 3.05) is 23.3 Å². The molecule has 2 bridgehead atoms. The third-order valence-corrected chi connectivity index (χ3v) is 5.36. The van der Waals surface area contributed by atoms with Gasteiger partial charge in [0.05, 0.1) is 6.54 Å². The van der Waals surface area contributed by atoms with Crippen LogP contribution >= 0.6 is 0 Å². The molecule has 2 unspecified atom stereocenters. The van der Waals surface area contributed by atoms with E-state index in [1.807, 2.05) is 19.2 Å². The Morgan fingerprint density at radius 2 is 1.96 bits per heavy atom. The minimum absolute atomic E-state index is 0.518. The third-order valence-electron chi connectivity index (χ3n) is 5.36. The number of piperazine rings is 1. The lowest BCUT2D eigenvalue weighted by Crippen LogP contribution is -2.52. The first-order valence-corrected chi connectivity index (χ1v) is 9.01. The lowest BCUT2D eigenvalue weighted by Gasteiger charge is -2.35. The smallest absolute Gasteiger partial charge is 0.228 e. The van der Waals surface area contributed by atoms with Crippen LogP contribution in [-0.2, 0) is 6.54 Å². The minimum atomic E-state index is 0.518. The summed E-state index contributed by atoms with van der Waals surface area (Å²) in [4.78, 5) is 16.3. The van der Waals surface area contributed by atoms with Gasteiger partial charge < -0.3 is 15.5 Å². The van der Waals surface area contributed by atoms with Gasteiger partial charge in [0.25, 0.3) is 0 Å². The van der Waals surface area contributed by atoms with Crippen molar-refractivity contribution < 1.29 is 0 Å². The first-order chi connectivity index (χ1) is 12.3. The van der Waals surface area contributed by atoms with Crippen molar-refractivity contribution in [3.8, 4) is 0 Å². The van der Waals surface area contributed by atoms with Crippen LogP contribution in [0, 0.1) is 6.92 Å². The van der Waals surface area contributed by atoms with Gasteiger partial charge in [-0.25, -0.2) is 4.98 Å². The molecule has 2 aromatic rings. The molecule has 2 atom stereocenters. The Labute approximate surface area is 147 Å². The van der Waals surface area contributed by atoms with Gasteiger partial charge in [-0.2, -0.15) is 4.98 Å². The Balaban J connectivity index is 1.44. The molecule has 2 saturated heterocycles. The molecule has 1 aromatic heterocycles. The quantitative estimate of drug-likeness (QED) is 0.902. The summed E-state index contributed by atoms with van der Waals surface area (Å²) in [5.41, 5.74) is 4.51. The molecule has 0 aliphatic carbocycles. The van der Waals surface area contributed by atoms with Crippen molar-refractivity contribution in [3.63, 3.8) is 0 Å². The molecule has 3 aliphatic heterocycles. The molecule has 25 heavy (non-hydrogen) atoms. The third kappa shape index (κ3) is 2.66. The number of aromatic nitrogens is 2. The van der Waals surface area contributed by atoms with Gasteiger partial charge in [0.1, 0.15) is 5.82 Å². The highest BCUT2D eigenvalue weighted by Gasteiger charge is 2.38. The summed E-state index contributed by atoms with van der Waals surface area (Å²) in [7, 11) is 0. The lowest BCUT2D eigenvalue weighted by atomic mass is 10.1. The molecule has 2 fully saturated rings. The first-order valence-electron chi connectivity index (χ1n) is 9.01. The van der Waals surface area contributed by atoms with Crippen LogP contribution in [0.25, 0.3) is 0 Å². The van der Waals surface area contributed by atoms with Crippen LogP contribution in [0.2, 0.25) is 0 Å². The molecule has 1 aromatic carbocycles. The molecule has 3 aliphatic rings. The molecule has 6 nitrogen and oxygen atoms in total. The zero-order valence-corrected chi connectivity index (χ0v) is 14.4. The van der Waals surface area contributed by atoms with Crippen LogP contribution in [0.5, 0.6) is 0 Å². The predicted molar refractivity (Wildman–Crippen MR) is 100.0 cm³/mol. The van der Waals surface area contributed by atoms with Crippen LogP contribution in [0.4, 0.5) is 17.5 Å². The molecule has 5 rings (SSSR count). The second-order valence-corrected chi connectivity index (χ2v) is 7.15. The SMILES string of the molecule is Cc1cc(Nc2ccc3c(c2)C=NC3)nc(N2C3CCC2CNC3)n1. The summed E-state index contributed by atoms with van der Waals surface area (Å²) in [6, 6.07) is 9.41. The van der Waals surface area contributed by atoms with Gasteiger partial charge >= 0.3 is 0 Å². The van der Waals surface area contributed by atoms with Crippen LogP contribution in [0.15, 0.2) is 29.3 Å². The summed E-state index contributed by atoms with van der Waals surface area (Å²) >= 11 is 0. The van der Waals surface area contributed by atoms with Gasteiger partial charge in [-0.1, -0.05) is 6.07 Å². The number of hydrogen-bond donors (Lipinski definition) is 2. The fourth-order valence-electron chi connectivity index (χ4n) is 4.16. The van der Waals surface area contributed by atoms with Crippen molar-refractivity contribution in [2.24, 2.45) is 4.99 Å². The molecular formula is C19H22N6. The highest BCUT2D eigenvalue weighted by molar-refractivity contribution is 5.86. The maximum absolute atomic E-state index is 4.83. The lowest BCUT2D eigenvalue weighted by molar-refractivity contribution is 0.477. The van der Waals surface area contributed by atoms with Crippen molar-refractivity contribution >= 4 is 23.7 Å². The topological polar surface area (TPSA) is 65.4 Å². The van der Waals surface area contributed by atoms with E-state index in [-0.39, 0.29) is 0 Å². The summed E-state index contributed by atoms with van der Waals surface area (Å²) < 4.78 is 0. The van der Waals surface area contributed by atoms with Crippen LogP contribution < -0.4 is 15.5 Å². The van der Waals surface area contributed by atoms with Crippen LogP contribution in [0.1, 0.15) is 29.7 Å². The highest BCUT2D eigenvalue weighted by atomic mass is 15.4. The molecular weight excluding hydrogens is 312 g/mol. The molecule has 4 heterocycles. The standard InChI is InChI=1S/C19H22N6/c1-12-6-18(23-15-3-2-13-8-20-9-14(13)7-15)24-19(22-12)25-16-4-5-17(25)11-21-10-16/h2-3,6-7,9,16-17,21H,4-5,8,10-11H2,1H3,(H,22,23,24). The van der Waals surface area contributed by atoms with Gasteiger partial charge in [0.15, 0.2) is 0 Å². The monoisotopic (exact) mass is 334 g/mol. The van der Waals surface area contributed by atoms with Crippen molar-refractivity contribution in [1.29, 1.82) is 0 Å². The van der Waals surface area contributed by atoms with Gasteiger partial charge in [0.2, 0.25) is 5.95 Å². The normalized spacial score (nSPS) is 23.8. The van der Waals surface area contributed by atoms with E-state index >= 15 is 0 Å². The molecule has 6 heteroatoms. The fraction of sp³-hybridized carbons (Fsp3) is 0.421. The highest BCUT2D eigenvalue weighted by Crippen LogP contribution is 2.31. The van der Waals surface area contributed by atoms with Crippen LogP contribution in [-0.4, -0.2) is 41.4 Å². The Hall–Kier alpha value is -2.47. The molecule has 0 spiro atoms. The van der Waals surface area contributed by atoms with Crippen molar-refractivity contribution in [2.45, 2.75) is 38.4 Å². The largest absolute Gasteiger partial charge is 0.340 e. The number of aliphatic imine (C=N–C) groups is 1. The van der Waals surface area contributed by atoms with Crippen LogP contribution in [0.3, 0.4) is 0 Å². The van der Waals surface area contributed by atoms with Gasteiger partial charge in [-0.3, -0.25) is 4.99 Å². The maximum atomic E-state index is 4.83. The van der Waals surface area contributed by atoms with E-state index < -0.39 is 0 Å². The van der Waals surface area contributed by atoms with Gasteiger partial charge in [-0.15, -0.1) is 0 Å². The zero-order chi connectivity index (χ0) is 16.8. The second kappa shape index (κ2) is 5.81. The number of nitrogens with zero attached hydrogens (tertiary/aromatic N) is 4. The number of fused-ring (bicyclic) bond motifs is 3. The molecule has 128 valence electrons. The number of rotatable bonds is 3. The van der Waals surface area contributed by atoms with E-state index in [9.17, 15) is 0 Å².